The standard InChI is InChI=1S/C14H12Cl2O2/c15-12-6-4-11(5-7-12)14(17)18-9-10-2-1-3-13(16)8-10/h1-8,14,17H,9H2. The van der Waals surface area contributed by atoms with Gasteiger partial charge in [0.1, 0.15) is 0 Å². The Kier molecular flexibility index (Phi) is 4.61. The summed E-state index contributed by atoms with van der Waals surface area (Å²) in [5, 5.41) is 11.1. The first kappa shape index (κ1) is 13.4. The Morgan fingerprint density at radius 1 is 1.00 bits per heavy atom. The molecule has 2 aromatic rings. The van der Waals surface area contributed by atoms with Crippen LogP contribution in [-0.2, 0) is 11.3 Å². The van der Waals surface area contributed by atoms with Gasteiger partial charge in [-0.2, -0.15) is 0 Å². The van der Waals surface area contributed by atoms with E-state index in [1.807, 2.05) is 12.1 Å². The van der Waals surface area contributed by atoms with Crippen LogP contribution in [0.25, 0.3) is 0 Å². The first-order valence-corrected chi connectivity index (χ1v) is 6.20. The van der Waals surface area contributed by atoms with Gasteiger partial charge in [-0.1, -0.05) is 47.5 Å². The van der Waals surface area contributed by atoms with Gasteiger partial charge in [0.15, 0.2) is 6.29 Å². The summed E-state index contributed by atoms with van der Waals surface area (Å²) < 4.78 is 5.36. The molecule has 0 aliphatic heterocycles. The maximum absolute atomic E-state index is 9.84. The molecule has 0 aliphatic carbocycles. The molecule has 2 rings (SSSR count). The summed E-state index contributed by atoms with van der Waals surface area (Å²) in [6, 6.07) is 14.2. The third-order valence-electron chi connectivity index (χ3n) is 2.45. The molecule has 0 saturated heterocycles. The SMILES string of the molecule is OC(OCc1cccc(Cl)c1)c1ccc(Cl)cc1. The van der Waals surface area contributed by atoms with E-state index in [0.717, 1.165) is 5.56 Å². The second-order valence-corrected chi connectivity index (χ2v) is 4.72. The Balaban J connectivity index is 1.96. The minimum absolute atomic E-state index is 0.296. The Morgan fingerprint density at radius 2 is 1.72 bits per heavy atom. The van der Waals surface area contributed by atoms with Gasteiger partial charge < -0.3 is 9.84 Å². The fourth-order valence-electron chi connectivity index (χ4n) is 1.53. The highest BCUT2D eigenvalue weighted by Crippen LogP contribution is 2.19. The molecule has 1 N–H and O–H groups in total. The van der Waals surface area contributed by atoms with Crippen LogP contribution < -0.4 is 0 Å². The molecule has 2 aromatic carbocycles. The van der Waals surface area contributed by atoms with E-state index in [0.29, 0.717) is 22.2 Å². The van der Waals surface area contributed by atoms with Gasteiger partial charge in [0.25, 0.3) is 0 Å². The summed E-state index contributed by atoms with van der Waals surface area (Å²) in [6.45, 7) is 0.296. The fraction of sp³-hybridized carbons (Fsp3) is 0.143. The van der Waals surface area contributed by atoms with E-state index in [1.165, 1.54) is 0 Å². The average molecular weight is 283 g/mol. The van der Waals surface area contributed by atoms with Crippen molar-refractivity contribution in [2.45, 2.75) is 12.9 Å². The Hall–Kier alpha value is -1.06. The van der Waals surface area contributed by atoms with Crippen molar-refractivity contribution < 1.29 is 9.84 Å². The molecule has 0 bridgehead atoms. The number of aliphatic hydroxyl groups is 1. The van der Waals surface area contributed by atoms with Gasteiger partial charge in [0, 0.05) is 15.6 Å². The minimum atomic E-state index is -0.971. The van der Waals surface area contributed by atoms with E-state index in [9.17, 15) is 5.11 Å². The molecule has 0 amide bonds. The maximum Gasteiger partial charge on any atom is 0.181 e. The zero-order chi connectivity index (χ0) is 13.0. The second kappa shape index (κ2) is 6.21. The molecular formula is C14H12Cl2O2. The third kappa shape index (κ3) is 3.72. The van der Waals surface area contributed by atoms with Crippen LogP contribution >= 0.6 is 23.2 Å². The molecule has 0 saturated carbocycles. The number of hydrogen-bond donors (Lipinski definition) is 1. The fourth-order valence-corrected chi connectivity index (χ4v) is 1.86. The van der Waals surface area contributed by atoms with Crippen molar-refractivity contribution >= 4 is 23.2 Å². The van der Waals surface area contributed by atoms with E-state index in [-0.39, 0.29) is 0 Å². The number of ether oxygens (including phenoxy) is 1. The third-order valence-corrected chi connectivity index (χ3v) is 2.94. The molecule has 0 radical (unpaired) electrons. The zero-order valence-electron chi connectivity index (χ0n) is 9.51. The van der Waals surface area contributed by atoms with Crippen LogP contribution in [0.2, 0.25) is 10.0 Å². The first-order chi connectivity index (χ1) is 8.65. The Bertz CT molecular complexity index is 511. The van der Waals surface area contributed by atoms with Crippen molar-refractivity contribution in [3.8, 4) is 0 Å². The summed E-state index contributed by atoms with van der Waals surface area (Å²) >= 11 is 11.6. The van der Waals surface area contributed by atoms with Crippen LogP contribution in [0.4, 0.5) is 0 Å². The van der Waals surface area contributed by atoms with Gasteiger partial charge in [-0.3, -0.25) is 0 Å². The van der Waals surface area contributed by atoms with Gasteiger partial charge in [0.05, 0.1) is 6.61 Å². The van der Waals surface area contributed by atoms with Crippen LogP contribution in [0.15, 0.2) is 48.5 Å². The summed E-state index contributed by atoms with van der Waals surface area (Å²) in [5.74, 6) is 0. The van der Waals surface area contributed by atoms with E-state index in [2.05, 4.69) is 0 Å². The lowest BCUT2D eigenvalue weighted by Crippen LogP contribution is -2.03. The van der Waals surface area contributed by atoms with Crippen LogP contribution in [0, 0.1) is 0 Å². The minimum Gasteiger partial charge on any atom is -0.364 e. The predicted octanol–water partition coefficient (Wildman–Crippen LogP) is 4.20. The molecule has 0 spiro atoms. The van der Waals surface area contributed by atoms with Gasteiger partial charge in [-0.05, 0) is 29.8 Å². The normalized spacial score (nSPS) is 12.4. The van der Waals surface area contributed by atoms with E-state index >= 15 is 0 Å². The zero-order valence-corrected chi connectivity index (χ0v) is 11.0. The smallest absolute Gasteiger partial charge is 0.181 e. The molecule has 0 heterocycles. The highest BCUT2D eigenvalue weighted by molar-refractivity contribution is 6.30. The molecule has 94 valence electrons. The van der Waals surface area contributed by atoms with E-state index in [4.69, 9.17) is 27.9 Å². The average Bonchev–Trinajstić information content (AvgIpc) is 2.37. The number of hydrogen-bond acceptors (Lipinski definition) is 2. The highest BCUT2D eigenvalue weighted by atomic mass is 35.5. The second-order valence-electron chi connectivity index (χ2n) is 3.84. The number of aliphatic hydroxyl groups excluding tert-OH is 1. The largest absolute Gasteiger partial charge is 0.364 e. The van der Waals surface area contributed by atoms with E-state index < -0.39 is 6.29 Å². The van der Waals surface area contributed by atoms with Gasteiger partial charge in [-0.25, -0.2) is 0 Å². The Labute approximate surface area is 116 Å². The quantitative estimate of drug-likeness (QED) is 0.852. The van der Waals surface area contributed by atoms with Crippen LogP contribution in [0.1, 0.15) is 17.4 Å². The monoisotopic (exact) mass is 282 g/mol. The van der Waals surface area contributed by atoms with Gasteiger partial charge in [-0.15, -0.1) is 0 Å². The van der Waals surface area contributed by atoms with Crippen molar-refractivity contribution in [1.82, 2.24) is 0 Å². The summed E-state index contributed by atoms with van der Waals surface area (Å²) in [6.07, 6.45) is -0.971. The van der Waals surface area contributed by atoms with Crippen molar-refractivity contribution in [2.24, 2.45) is 0 Å². The van der Waals surface area contributed by atoms with Crippen molar-refractivity contribution in [3.63, 3.8) is 0 Å². The van der Waals surface area contributed by atoms with Crippen molar-refractivity contribution in [3.05, 3.63) is 69.7 Å². The first-order valence-electron chi connectivity index (χ1n) is 5.45. The molecule has 2 nitrogen and oxygen atoms in total. The summed E-state index contributed by atoms with van der Waals surface area (Å²) in [5.41, 5.74) is 1.58. The van der Waals surface area contributed by atoms with E-state index in [1.54, 1.807) is 36.4 Å². The van der Waals surface area contributed by atoms with Gasteiger partial charge >= 0.3 is 0 Å². The maximum atomic E-state index is 9.84. The number of rotatable bonds is 4. The molecule has 4 heteroatoms. The number of benzene rings is 2. The van der Waals surface area contributed by atoms with Crippen molar-refractivity contribution in [2.75, 3.05) is 0 Å². The highest BCUT2D eigenvalue weighted by Gasteiger charge is 2.07. The lowest BCUT2D eigenvalue weighted by molar-refractivity contribution is -0.111. The molecule has 0 fully saturated rings. The van der Waals surface area contributed by atoms with Crippen LogP contribution in [-0.4, -0.2) is 5.11 Å². The lowest BCUT2D eigenvalue weighted by Gasteiger charge is -2.12. The molecule has 1 unspecified atom stereocenters. The molecule has 18 heavy (non-hydrogen) atoms. The van der Waals surface area contributed by atoms with Crippen LogP contribution in [0.3, 0.4) is 0 Å². The van der Waals surface area contributed by atoms with Gasteiger partial charge in [0.2, 0.25) is 0 Å². The molecule has 0 aromatic heterocycles. The summed E-state index contributed by atoms with van der Waals surface area (Å²) in [7, 11) is 0. The van der Waals surface area contributed by atoms with Crippen molar-refractivity contribution in [1.29, 1.82) is 0 Å². The number of halogens is 2. The lowest BCUT2D eigenvalue weighted by atomic mass is 10.2. The van der Waals surface area contributed by atoms with Crippen LogP contribution in [0.5, 0.6) is 0 Å². The Morgan fingerprint density at radius 3 is 2.39 bits per heavy atom. The molecule has 0 aliphatic rings. The summed E-state index contributed by atoms with van der Waals surface area (Å²) in [4.78, 5) is 0. The molecular weight excluding hydrogens is 271 g/mol. The predicted molar refractivity (Wildman–Crippen MR) is 72.7 cm³/mol. The molecule has 1 atom stereocenters. The topological polar surface area (TPSA) is 29.5 Å².